The predicted octanol–water partition coefficient (Wildman–Crippen LogP) is 2.17. The van der Waals surface area contributed by atoms with Crippen molar-refractivity contribution in [3.05, 3.63) is 28.5 Å². The second kappa shape index (κ2) is 5.16. The molecule has 106 valence electrons. The molecule has 2 heterocycles. The highest BCUT2D eigenvalue weighted by molar-refractivity contribution is 9.10. The molecule has 1 N–H and O–H groups in total. The number of rotatable bonds is 2. The first-order chi connectivity index (χ1) is 9.58. The van der Waals surface area contributed by atoms with Gasteiger partial charge in [-0.15, -0.1) is 0 Å². The first kappa shape index (κ1) is 13.5. The van der Waals surface area contributed by atoms with Gasteiger partial charge in [0.1, 0.15) is 10.6 Å². The van der Waals surface area contributed by atoms with Crippen LogP contribution in [0.15, 0.2) is 22.9 Å². The quantitative estimate of drug-likeness (QED) is 0.839. The molecule has 1 aliphatic carbocycles. The van der Waals surface area contributed by atoms with Gasteiger partial charge in [0.2, 0.25) is 0 Å². The van der Waals surface area contributed by atoms with E-state index in [9.17, 15) is 14.7 Å². The molecule has 3 atom stereocenters. The number of amides is 1. The van der Waals surface area contributed by atoms with Gasteiger partial charge in [0, 0.05) is 12.7 Å². The van der Waals surface area contributed by atoms with Gasteiger partial charge in [-0.3, -0.25) is 4.79 Å². The van der Waals surface area contributed by atoms with Crippen LogP contribution in [-0.2, 0) is 4.79 Å². The Labute approximate surface area is 125 Å². The van der Waals surface area contributed by atoms with E-state index in [1.807, 2.05) is 0 Å². The minimum Gasteiger partial charge on any atom is -0.480 e. The third-order valence-electron chi connectivity index (χ3n) is 4.38. The Morgan fingerprint density at radius 2 is 2.15 bits per heavy atom. The smallest absolute Gasteiger partial charge is 0.326 e. The molecule has 1 aromatic rings. The van der Waals surface area contributed by atoms with Crippen LogP contribution in [0.4, 0.5) is 0 Å². The molecule has 20 heavy (non-hydrogen) atoms. The monoisotopic (exact) mass is 338 g/mol. The van der Waals surface area contributed by atoms with E-state index in [2.05, 4.69) is 20.9 Å². The van der Waals surface area contributed by atoms with Crippen molar-refractivity contribution in [2.45, 2.75) is 25.3 Å². The van der Waals surface area contributed by atoms with Crippen molar-refractivity contribution >= 4 is 27.8 Å². The lowest BCUT2D eigenvalue weighted by Crippen LogP contribution is -2.43. The lowest BCUT2D eigenvalue weighted by molar-refractivity contribution is -0.142. The molecule has 0 spiro atoms. The zero-order chi connectivity index (χ0) is 14.3. The van der Waals surface area contributed by atoms with Crippen molar-refractivity contribution in [1.82, 2.24) is 9.88 Å². The van der Waals surface area contributed by atoms with Gasteiger partial charge in [0.25, 0.3) is 5.91 Å². The summed E-state index contributed by atoms with van der Waals surface area (Å²) in [6, 6.07) is 2.69. The topological polar surface area (TPSA) is 70.5 Å². The zero-order valence-electron chi connectivity index (χ0n) is 10.8. The summed E-state index contributed by atoms with van der Waals surface area (Å²) in [7, 11) is 0. The predicted molar refractivity (Wildman–Crippen MR) is 75.2 cm³/mol. The Kier molecular flexibility index (Phi) is 3.50. The van der Waals surface area contributed by atoms with Crippen molar-refractivity contribution in [2.24, 2.45) is 11.8 Å². The van der Waals surface area contributed by atoms with Gasteiger partial charge in [-0.05, 0) is 52.7 Å². The molecular weight excluding hydrogens is 324 g/mol. The molecule has 1 amide bonds. The summed E-state index contributed by atoms with van der Waals surface area (Å²) in [5, 5.41) is 9.45. The molecule has 0 radical (unpaired) electrons. The van der Waals surface area contributed by atoms with E-state index in [0.717, 1.165) is 19.3 Å². The number of halogens is 1. The number of hydrogen-bond acceptors (Lipinski definition) is 3. The molecule has 0 bridgehead atoms. The van der Waals surface area contributed by atoms with E-state index >= 15 is 0 Å². The van der Waals surface area contributed by atoms with Gasteiger partial charge in [0.05, 0.1) is 5.56 Å². The van der Waals surface area contributed by atoms with Crippen LogP contribution in [0.1, 0.15) is 29.6 Å². The second-order valence-corrected chi connectivity index (χ2v) is 6.28. The number of pyridine rings is 1. The largest absolute Gasteiger partial charge is 0.480 e. The van der Waals surface area contributed by atoms with E-state index in [0.29, 0.717) is 22.6 Å². The average molecular weight is 339 g/mol. The van der Waals surface area contributed by atoms with Crippen LogP contribution in [0.25, 0.3) is 0 Å². The highest BCUT2D eigenvalue weighted by Crippen LogP contribution is 2.42. The number of carboxylic acid groups (broad SMARTS) is 1. The minimum atomic E-state index is -0.891. The zero-order valence-corrected chi connectivity index (χ0v) is 12.4. The maximum absolute atomic E-state index is 12.5. The van der Waals surface area contributed by atoms with E-state index in [4.69, 9.17) is 0 Å². The third kappa shape index (κ3) is 2.22. The number of fused-ring (bicyclic) bond motifs is 1. The van der Waals surface area contributed by atoms with Crippen molar-refractivity contribution in [1.29, 1.82) is 0 Å². The van der Waals surface area contributed by atoms with Crippen molar-refractivity contribution in [3.63, 3.8) is 0 Å². The average Bonchev–Trinajstić information content (AvgIpc) is 2.97. The van der Waals surface area contributed by atoms with Gasteiger partial charge in [-0.2, -0.15) is 0 Å². The summed E-state index contributed by atoms with van der Waals surface area (Å²) in [6.07, 6.45) is 4.49. The lowest BCUT2D eigenvalue weighted by Gasteiger charge is -2.24. The minimum absolute atomic E-state index is 0.111. The molecule has 1 saturated heterocycles. The van der Waals surface area contributed by atoms with Crippen LogP contribution in [0, 0.1) is 11.8 Å². The molecule has 1 aliphatic heterocycles. The van der Waals surface area contributed by atoms with Gasteiger partial charge >= 0.3 is 5.97 Å². The Morgan fingerprint density at radius 1 is 1.35 bits per heavy atom. The maximum Gasteiger partial charge on any atom is 0.326 e. The first-order valence-corrected chi connectivity index (χ1v) is 7.52. The summed E-state index contributed by atoms with van der Waals surface area (Å²) in [5.41, 5.74) is 0.444. The van der Waals surface area contributed by atoms with Gasteiger partial charge in [-0.1, -0.05) is 6.42 Å². The second-order valence-electron chi connectivity index (χ2n) is 5.47. The van der Waals surface area contributed by atoms with E-state index in [1.165, 1.54) is 11.1 Å². The Morgan fingerprint density at radius 3 is 2.80 bits per heavy atom. The maximum atomic E-state index is 12.5. The fraction of sp³-hybridized carbons (Fsp3) is 0.500. The molecule has 3 unspecified atom stereocenters. The molecule has 1 aromatic heterocycles. The normalized spacial score (nSPS) is 28.4. The number of likely N-dealkylation sites (tertiary alicyclic amines) is 1. The molecule has 0 aromatic carbocycles. The highest BCUT2D eigenvalue weighted by Gasteiger charge is 2.49. The summed E-state index contributed by atoms with van der Waals surface area (Å²) < 4.78 is 0.655. The molecule has 2 aliphatic rings. The molecule has 1 saturated carbocycles. The number of carbonyl (C=O) groups is 2. The number of aliphatic carboxylic acids is 1. The Bertz CT molecular complexity index is 546. The van der Waals surface area contributed by atoms with Crippen LogP contribution in [0.2, 0.25) is 0 Å². The van der Waals surface area contributed by atoms with Crippen LogP contribution < -0.4 is 0 Å². The molecule has 2 fully saturated rings. The highest BCUT2D eigenvalue weighted by atomic mass is 79.9. The number of hydrogen-bond donors (Lipinski definition) is 1. The fourth-order valence-electron chi connectivity index (χ4n) is 3.50. The molecule has 6 heteroatoms. The van der Waals surface area contributed by atoms with Crippen molar-refractivity contribution < 1.29 is 14.7 Å². The summed E-state index contributed by atoms with van der Waals surface area (Å²) >= 11 is 3.22. The van der Waals surface area contributed by atoms with Crippen molar-refractivity contribution in [2.75, 3.05) is 6.54 Å². The van der Waals surface area contributed by atoms with Gasteiger partial charge in [-0.25, -0.2) is 9.78 Å². The van der Waals surface area contributed by atoms with E-state index < -0.39 is 12.0 Å². The number of nitrogens with zero attached hydrogens (tertiary/aromatic N) is 2. The van der Waals surface area contributed by atoms with Gasteiger partial charge in [0.15, 0.2) is 0 Å². The standard InChI is InChI=1S/C14H15BrN2O3/c15-11-5-4-8(6-16-11)13(18)17-7-9-2-1-3-10(9)12(17)14(19)20/h4-6,9-10,12H,1-3,7H2,(H,19,20). The number of carboxylic acids is 1. The van der Waals surface area contributed by atoms with Crippen LogP contribution in [-0.4, -0.2) is 39.5 Å². The molecular formula is C14H15BrN2O3. The van der Waals surface area contributed by atoms with Gasteiger partial charge < -0.3 is 10.0 Å². The van der Waals surface area contributed by atoms with E-state index in [-0.39, 0.29) is 11.8 Å². The fourth-order valence-corrected chi connectivity index (χ4v) is 3.73. The lowest BCUT2D eigenvalue weighted by atomic mass is 9.94. The van der Waals surface area contributed by atoms with Crippen LogP contribution in [0.5, 0.6) is 0 Å². The Hall–Kier alpha value is -1.43. The van der Waals surface area contributed by atoms with Crippen molar-refractivity contribution in [3.8, 4) is 0 Å². The van der Waals surface area contributed by atoms with Crippen LogP contribution in [0.3, 0.4) is 0 Å². The third-order valence-corrected chi connectivity index (χ3v) is 4.85. The summed E-state index contributed by atoms with van der Waals surface area (Å²) in [4.78, 5) is 29.6. The summed E-state index contributed by atoms with van der Waals surface area (Å²) in [6.45, 7) is 0.552. The Balaban J connectivity index is 1.87. The van der Waals surface area contributed by atoms with Crippen LogP contribution >= 0.6 is 15.9 Å². The SMILES string of the molecule is O=C(O)C1C2CCCC2CN1C(=O)c1ccc(Br)nc1. The number of carbonyl (C=O) groups excluding carboxylic acids is 1. The van der Waals surface area contributed by atoms with E-state index in [1.54, 1.807) is 12.1 Å². The molecule has 5 nitrogen and oxygen atoms in total. The molecule has 3 rings (SSSR count). The summed E-state index contributed by atoms with van der Waals surface area (Å²) in [5.74, 6) is -0.673. The first-order valence-electron chi connectivity index (χ1n) is 6.73. The number of aromatic nitrogens is 1.